The zero-order chi connectivity index (χ0) is 26.2. The number of hydrogen-bond acceptors (Lipinski definition) is 8. The molecule has 1 aliphatic rings. The van der Waals surface area contributed by atoms with E-state index in [4.69, 9.17) is 19.3 Å². The van der Waals surface area contributed by atoms with Gasteiger partial charge in [0.2, 0.25) is 5.88 Å². The van der Waals surface area contributed by atoms with Crippen LogP contribution in [0, 0.1) is 20.8 Å². The second kappa shape index (κ2) is 9.69. The fourth-order valence-electron chi connectivity index (χ4n) is 4.29. The van der Waals surface area contributed by atoms with Crippen LogP contribution in [0.25, 0.3) is 0 Å². The average Bonchev–Trinajstić information content (AvgIpc) is 3.12. The lowest BCUT2D eigenvalue weighted by Gasteiger charge is -2.37. The minimum Gasteiger partial charge on any atom is -0.494 e. The zero-order valence-corrected chi connectivity index (χ0v) is 21.2. The van der Waals surface area contributed by atoms with Crippen LogP contribution in [0.1, 0.15) is 50.8 Å². The van der Waals surface area contributed by atoms with Gasteiger partial charge in [-0.15, -0.1) is 0 Å². The van der Waals surface area contributed by atoms with Gasteiger partial charge in [-0.3, -0.25) is 14.6 Å². The smallest absolute Gasteiger partial charge is 0.341 e. The Labute approximate surface area is 211 Å². The Morgan fingerprint density at radius 1 is 1.11 bits per heavy atom. The quantitative estimate of drug-likeness (QED) is 0.412. The number of aromatic hydroxyl groups is 1. The molecule has 1 unspecified atom stereocenters. The van der Waals surface area contributed by atoms with E-state index in [1.54, 1.807) is 19.1 Å². The number of carbonyl (C=O) groups excluding carboxylic acids is 1. The van der Waals surface area contributed by atoms with Gasteiger partial charge in [-0.05, 0) is 56.5 Å². The number of aromatic amines is 1. The monoisotopic (exact) mass is 513 g/mol. The van der Waals surface area contributed by atoms with Crippen LogP contribution in [0.15, 0.2) is 29.1 Å². The molecular weight excluding hydrogens is 486 g/mol. The molecule has 0 aliphatic carbocycles. The molecule has 36 heavy (non-hydrogen) atoms. The molecule has 0 spiro atoms. The number of benzene rings is 2. The maximum Gasteiger partial charge on any atom is 0.341 e. The van der Waals surface area contributed by atoms with Crippen molar-refractivity contribution in [1.82, 2.24) is 4.98 Å². The number of hydrogen-bond donors (Lipinski definition) is 3. The summed E-state index contributed by atoms with van der Waals surface area (Å²) in [6.07, 6.45) is 0.503. The molecular formula is C26H27NO8S. The molecule has 0 fully saturated rings. The predicted octanol–water partition coefficient (Wildman–Crippen LogP) is 3.92. The summed E-state index contributed by atoms with van der Waals surface area (Å²) in [5, 5.41) is 18.7. The second-order valence-electron chi connectivity index (χ2n) is 9.14. The first-order valence-electron chi connectivity index (χ1n) is 11.3. The van der Waals surface area contributed by atoms with E-state index in [0.717, 1.165) is 28.0 Å². The fourth-order valence-corrected chi connectivity index (χ4v) is 5.05. The highest BCUT2D eigenvalue weighted by Crippen LogP contribution is 2.44. The standard InChI is InChI=1S/C26H27NO8S/c1-13-14(2)23-21(15(3)22(13)33-11-20(29)30)18(28)10-26(4,35-23)12-34-17-7-5-16(6-8-17)9-19-24(31)27-25(32)36-19/h5-8,31H,9-12H2,1-4H3,(H,27,32)(H,29,30). The fraction of sp³-hybridized carbons (Fsp3) is 0.346. The van der Waals surface area contributed by atoms with E-state index in [9.17, 15) is 19.5 Å². The van der Waals surface area contributed by atoms with Crippen LogP contribution in [0.5, 0.6) is 23.1 Å². The highest BCUT2D eigenvalue weighted by atomic mass is 32.1. The van der Waals surface area contributed by atoms with Gasteiger partial charge in [0.15, 0.2) is 12.4 Å². The Balaban J connectivity index is 1.48. The molecule has 0 amide bonds. The summed E-state index contributed by atoms with van der Waals surface area (Å²) in [5.41, 5.74) is 2.42. The van der Waals surface area contributed by atoms with E-state index in [1.807, 2.05) is 32.9 Å². The number of ketones is 1. The van der Waals surface area contributed by atoms with E-state index in [1.165, 1.54) is 0 Å². The molecule has 9 nitrogen and oxygen atoms in total. The number of Topliss-reactive ketones (excluding diaryl/α,β-unsaturated/α-hetero) is 1. The van der Waals surface area contributed by atoms with Crippen molar-refractivity contribution in [1.29, 1.82) is 0 Å². The molecule has 190 valence electrons. The van der Waals surface area contributed by atoms with E-state index in [2.05, 4.69) is 4.98 Å². The molecule has 0 saturated heterocycles. The third-order valence-electron chi connectivity index (χ3n) is 6.22. The minimum absolute atomic E-state index is 0.0888. The molecule has 1 aliphatic heterocycles. The van der Waals surface area contributed by atoms with Crippen molar-refractivity contribution in [2.45, 2.75) is 46.1 Å². The minimum atomic E-state index is -1.09. The predicted molar refractivity (Wildman–Crippen MR) is 133 cm³/mol. The SMILES string of the molecule is Cc1c(C)c2c(c(C)c1OCC(=O)O)C(=O)CC(C)(COc1ccc(Cc3sc(=O)[nH]c3O)cc1)O2. The first-order valence-corrected chi connectivity index (χ1v) is 12.1. The second-order valence-corrected chi connectivity index (χ2v) is 10.2. The van der Waals surface area contributed by atoms with E-state index < -0.39 is 18.2 Å². The van der Waals surface area contributed by atoms with Crippen LogP contribution in [0.4, 0.5) is 0 Å². The molecule has 0 saturated carbocycles. The van der Waals surface area contributed by atoms with Gasteiger partial charge in [0.1, 0.15) is 29.5 Å². The molecule has 0 bridgehead atoms. The number of aliphatic carboxylic acids is 1. The van der Waals surface area contributed by atoms with Crippen molar-refractivity contribution >= 4 is 23.1 Å². The van der Waals surface area contributed by atoms with Gasteiger partial charge in [-0.1, -0.05) is 23.5 Å². The summed E-state index contributed by atoms with van der Waals surface area (Å²) < 4.78 is 17.8. The molecule has 4 rings (SSSR count). The largest absolute Gasteiger partial charge is 0.494 e. The Kier molecular flexibility index (Phi) is 6.81. The highest BCUT2D eigenvalue weighted by Gasteiger charge is 2.40. The van der Waals surface area contributed by atoms with Gasteiger partial charge >= 0.3 is 10.8 Å². The lowest BCUT2D eigenvalue weighted by Crippen LogP contribution is -2.45. The van der Waals surface area contributed by atoms with Crippen molar-refractivity contribution in [2.75, 3.05) is 13.2 Å². The number of thiazole rings is 1. The summed E-state index contributed by atoms with van der Waals surface area (Å²) >= 11 is 0.970. The maximum absolute atomic E-state index is 13.2. The van der Waals surface area contributed by atoms with Crippen molar-refractivity contribution in [3.8, 4) is 23.1 Å². The molecule has 3 N–H and O–H groups in total. The van der Waals surface area contributed by atoms with E-state index >= 15 is 0 Å². The third kappa shape index (κ3) is 5.08. The van der Waals surface area contributed by atoms with Gasteiger partial charge < -0.3 is 24.4 Å². The third-order valence-corrected chi connectivity index (χ3v) is 7.09. The Morgan fingerprint density at radius 2 is 1.81 bits per heavy atom. The molecule has 1 aromatic heterocycles. The van der Waals surface area contributed by atoms with Crippen LogP contribution >= 0.6 is 11.3 Å². The van der Waals surface area contributed by atoms with Gasteiger partial charge in [0.25, 0.3) is 0 Å². The van der Waals surface area contributed by atoms with Crippen molar-refractivity contribution in [3.63, 3.8) is 0 Å². The topological polar surface area (TPSA) is 135 Å². The molecule has 3 aromatic rings. The summed E-state index contributed by atoms with van der Waals surface area (Å²) in [6.45, 7) is 6.81. The Morgan fingerprint density at radius 3 is 2.42 bits per heavy atom. The van der Waals surface area contributed by atoms with Crippen LogP contribution in [-0.2, 0) is 11.2 Å². The highest BCUT2D eigenvalue weighted by molar-refractivity contribution is 7.09. The van der Waals surface area contributed by atoms with E-state index in [0.29, 0.717) is 39.7 Å². The van der Waals surface area contributed by atoms with Crippen LogP contribution in [0.3, 0.4) is 0 Å². The van der Waals surface area contributed by atoms with Gasteiger partial charge in [-0.25, -0.2) is 4.79 Å². The molecule has 2 aromatic carbocycles. The zero-order valence-electron chi connectivity index (χ0n) is 20.4. The number of aromatic nitrogens is 1. The van der Waals surface area contributed by atoms with Gasteiger partial charge in [-0.2, -0.15) is 0 Å². The summed E-state index contributed by atoms with van der Waals surface area (Å²) in [4.78, 5) is 38.1. The Hall–Kier alpha value is -3.79. The lowest BCUT2D eigenvalue weighted by molar-refractivity contribution is -0.139. The molecule has 1 atom stereocenters. The summed E-state index contributed by atoms with van der Waals surface area (Å²) in [7, 11) is 0. The first-order chi connectivity index (χ1) is 17.0. The van der Waals surface area contributed by atoms with Crippen molar-refractivity contribution < 1.29 is 34.0 Å². The number of rotatable bonds is 8. The number of nitrogens with one attached hydrogen (secondary N) is 1. The number of carbonyl (C=O) groups is 2. The van der Waals surface area contributed by atoms with E-state index in [-0.39, 0.29) is 29.6 Å². The van der Waals surface area contributed by atoms with Gasteiger partial charge in [0.05, 0.1) is 16.9 Å². The number of H-pyrrole nitrogens is 1. The van der Waals surface area contributed by atoms with Crippen LogP contribution < -0.4 is 19.1 Å². The first kappa shape index (κ1) is 25.3. The molecule has 0 radical (unpaired) electrons. The lowest BCUT2D eigenvalue weighted by atomic mass is 9.86. The Bertz CT molecular complexity index is 1390. The number of carboxylic acid groups (broad SMARTS) is 1. The number of ether oxygens (including phenoxy) is 3. The van der Waals surface area contributed by atoms with Crippen molar-refractivity contribution in [3.05, 3.63) is 66.6 Å². The van der Waals surface area contributed by atoms with Gasteiger partial charge in [0, 0.05) is 12.0 Å². The molecule has 10 heteroatoms. The number of fused-ring (bicyclic) bond motifs is 1. The van der Waals surface area contributed by atoms with Crippen LogP contribution in [-0.4, -0.2) is 45.8 Å². The summed E-state index contributed by atoms with van der Waals surface area (Å²) in [5.74, 6) is 0.128. The van der Waals surface area contributed by atoms with Crippen molar-refractivity contribution in [2.24, 2.45) is 0 Å². The number of carboxylic acids is 1. The molecule has 2 heterocycles. The summed E-state index contributed by atoms with van der Waals surface area (Å²) in [6, 6.07) is 7.27. The maximum atomic E-state index is 13.2. The average molecular weight is 514 g/mol. The normalized spacial score (nSPS) is 16.8. The van der Waals surface area contributed by atoms with Crippen LogP contribution in [0.2, 0.25) is 0 Å².